The molecule has 0 radical (unpaired) electrons. The maximum absolute atomic E-state index is 11.9. The van der Waals surface area contributed by atoms with Crippen LogP contribution < -0.4 is 0 Å². The van der Waals surface area contributed by atoms with Crippen LogP contribution in [0.1, 0.15) is 104 Å². The third-order valence-electron chi connectivity index (χ3n) is 7.43. The average molecular weight is 321 g/mol. The number of ether oxygens (including phenoxy) is 1. The minimum Gasteiger partial charge on any atom is -0.459 e. The summed E-state index contributed by atoms with van der Waals surface area (Å²) in [6, 6.07) is 0. The molecule has 0 aromatic carbocycles. The Morgan fingerprint density at radius 3 is 2.04 bits per heavy atom. The van der Waals surface area contributed by atoms with E-state index in [1.807, 2.05) is 0 Å². The Morgan fingerprint density at radius 2 is 1.52 bits per heavy atom. The molecule has 4 rings (SSSR count). The Hall–Kier alpha value is -0.530. The van der Waals surface area contributed by atoms with Gasteiger partial charge in [-0.25, -0.2) is 0 Å². The van der Waals surface area contributed by atoms with Crippen molar-refractivity contribution in [3.05, 3.63) is 0 Å². The van der Waals surface area contributed by atoms with E-state index < -0.39 is 0 Å². The fourth-order valence-corrected chi connectivity index (χ4v) is 5.91. The Morgan fingerprint density at radius 1 is 0.913 bits per heavy atom. The minimum absolute atomic E-state index is 0.0435. The van der Waals surface area contributed by atoms with Gasteiger partial charge in [0.15, 0.2) is 0 Å². The van der Waals surface area contributed by atoms with Crippen molar-refractivity contribution < 1.29 is 9.53 Å². The molecule has 4 fully saturated rings. The Kier molecular flexibility index (Phi) is 5.38. The van der Waals surface area contributed by atoms with Crippen molar-refractivity contribution in [3.63, 3.8) is 0 Å². The number of rotatable bonds is 6. The van der Waals surface area contributed by atoms with Crippen LogP contribution in [0, 0.1) is 17.3 Å². The van der Waals surface area contributed by atoms with E-state index in [1.165, 1.54) is 57.8 Å². The maximum atomic E-state index is 11.9. The molecule has 0 aromatic rings. The molecule has 0 unspecified atom stereocenters. The van der Waals surface area contributed by atoms with Crippen LogP contribution in [-0.2, 0) is 9.53 Å². The van der Waals surface area contributed by atoms with Crippen molar-refractivity contribution in [2.45, 2.75) is 109 Å². The second-order valence-electron chi connectivity index (χ2n) is 8.78. The fourth-order valence-electron chi connectivity index (χ4n) is 5.91. The highest BCUT2D eigenvalue weighted by Gasteiger charge is 2.53. The van der Waals surface area contributed by atoms with Crippen molar-refractivity contribution in [3.8, 4) is 0 Å². The first-order valence-corrected chi connectivity index (χ1v) is 10.3. The van der Waals surface area contributed by atoms with Crippen LogP contribution in [0.5, 0.6) is 0 Å². The molecule has 0 spiro atoms. The number of hydrogen-bond donors (Lipinski definition) is 0. The lowest BCUT2D eigenvalue weighted by molar-refractivity contribution is -0.182. The highest BCUT2D eigenvalue weighted by atomic mass is 16.6. The summed E-state index contributed by atoms with van der Waals surface area (Å²) in [5.74, 6) is 2.01. The monoisotopic (exact) mass is 320 g/mol. The Bertz CT molecular complexity index is 382. The normalized spacial score (nSPS) is 40.1. The first-order valence-electron chi connectivity index (χ1n) is 10.3. The van der Waals surface area contributed by atoms with E-state index in [4.69, 9.17) is 4.74 Å². The van der Waals surface area contributed by atoms with Gasteiger partial charge in [-0.3, -0.25) is 4.79 Å². The van der Waals surface area contributed by atoms with Gasteiger partial charge >= 0.3 is 5.97 Å². The van der Waals surface area contributed by atoms with Gasteiger partial charge in [-0.1, -0.05) is 39.5 Å². The summed E-state index contributed by atoms with van der Waals surface area (Å²) in [6.45, 7) is 4.38. The molecule has 23 heavy (non-hydrogen) atoms. The summed E-state index contributed by atoms with van der Waals surface area (Å²) in [6.07, 6.45) is 17.5. The number of fused-ring (bicyclic) bond motifs is 3. The van der Waals surface area contributed by atoms with Crippen LogP contribution >= 0.6 is 0 Å². The zero-order valence-electron chi connectivity index (χ0n) is 15.4. The molecule has 4 aliphatic rings. The van der Waals surface area contributed by atoms with Gasteiger partial charge in [0.2, 0.25) is 0 Å². The zero-order valence-corrected chi connectivity index (χ0v) is 15.4. The van der Waals surface area contributed by atoms with E-state index in [2.05, 4.69) is 13.8 Å². The van der Waals surface area contributed by atoms with E-state index in [-0.39, 0.29) is 11.6 Å². The highest BCUT2D eigenvalue weighted by molar-refractivity contribution is 5.69. The minimum atomic E-state index is -0.0760. The molecule has 132 valence electrons. The van der Waals surface area contributed by atoms with Crippen LogP contribution in [0.3, 0.4) is 0 Å². The number of carbonyl (C=O) groups excluding carboxylic acids is 1. The van der Waals surface area contributed by atoms with Gasteiger partial charge in [0.1, 0.15) is 5.60 Å². The molecule has 4 saturated carbocycles. The number of carbonyl (C=O) groups is 1. The van der Waals surface area contributed by atoms with E-state index >= 15 is 0 Å². The van der Waals surface area contributed by atoms with Gasteiger partial charge in [-0.2, -0.15) is 0 Å². The predicted molar refractivity (Wildman–Crippen MR) is 94.2 cm³/mol. The van der Waals surface area contributed by atoms with Crippen molar-refractivity contribution in [2.75, 3.05) is 0 Å². The Balaban J connectivity index is 1.54. The second-order valence-corrected chi connectivity index (χ2v) is 8.78. The van der Waals surface area contributed by atoms with E-state index in [1.54, 1.807) is 0 Å². The molecule has 0 atom stereocenters. The average Bonchev–Trinajstić information content (AvgIpc) is 2.57. The van der Waals surface area contributed by atoms with Crippen LogP contribution in [-0.4, -0.2) is 11.6 Å². The molecule has 2 nitrogen and oxygen atoms in total. The summed E-state index contributed by atoms with van der Waals surface area (Å²) in [5.41, 5.74) is 0.531. The van der Waals surface area contributed by atoms with E-state index in [0.29, 0.717) is 11.8 Å². The van der Waals surface area contributed by atoms with Crippen LogP contribution in [0.2, 0.25) is 0 Å². The molecule has 2 heteroatoms. The van der Waals surface area contributed by atoms with Crippen molar-refractivity contribution in [1.82, 2.24) is 0 Å². The second kappa shape index (κ2) is 7.15. The number of esters is 1. The molecular weight excluding hydrogens is 284 g/mol. The van der Waals surface area contributed by atoms with E-state index in [0.717, 1.165) is 37.5 Å². The molecule has 0 heterocycles. The van der Waals surface area contributed by atoms with Gasteiger partial charge in [-0.05, 0) is 75.0 Å². The first kappa shape index (κ1) is 17.3. The van der Waals surface area contributed by atoms with Gasteiger partial charge in [0.05, 0.1) is 0 Å². The molecule has 0 amide bonds. The third kappa shape index (κ3) is 3.61. The quantitative estimate of drug-likeness (QED) is 0.559. The van der Waals surface area contributed by atoms with Crippen molar-refractivity contribution in [2.24, 2.45) is 17.3 Å². The molecule has 2 bridgehead atoms. The molecule has 0 N–H and O–H groups in total. The lowest BCUT2D eigenvalue weighted by atomic mass is 9.51. The summed E-state index contributed by atoms with van der Waals surface area (Å²) in [5, 5.41) is 0. The molecule has 0 saturated heterocycles. The smallest absolute Gasteiger partial charge is 0.306 e. The lowest BCUT2D eigenvalue weighted by Crippen LogP contribution is -2.51. The summed E-state index contributed by atoms with van der Waals surface area (Å²) in [4.78, 5) is 11.9. The van der Waals surface area contributed by atoms with Crippen LogP contribution in [0.25, 0.3) is 0 Å². The molecule has 0 aromatic heterocycles. The van der Waals surface area contributed by atoms with Crippen LogP contribution in [0.4, 0.5) is 0 Å². The predicted octanol–water partition coefficient (Wildman–Crippen LogP) is 6.03. The van der Waals surface area contributed by atoms with Gasteiger partial charge in [0, 0.05) is 6.42 Å². The molecule has 4 aliphatic carbocycles. The van der Waals surface area contributed by atoms with Crippen molar-refractivity contribution >= 4 is 5.97 Å². The van der Waals surface area contributed by atoms with Gasteiger partial charge in [-0.15, -0.1) is 0 Å². The summed E-state index contributed by atoms with van der Waals surface area (Å²) in [7, 11) is 0. The maximum Gasteiger partial charge on any atom is 0.306 e. The Labute approximate surface area is 142 Å². The number of hydrogen-bond acceptors (Lipinski definition) is 2. The highest BCUT2D eigenvalue weighted by Crippen LogP contribution is 2.60. The first-order chi connectivity index (χ1) is 11.1. The lowest BCUT2D eigenvalue weighted by Gasteiger charge is -2.56. The summed E-state index contributed by atoms with van der Waals surface area (Å²) < 4.78 is 5.95. The zero-order chi connectivity index (χ0) is 16.3. The van der Waals surface area contributed by atoms with Crippen molar-refractivity contribution in [1.29, 1.82) is 0 Å². The summed E-state index contributed by atoms with van der Waals surface area (Å²) >= 11 is 0. The molecular formula is C21H36O2. The SMILES string of the molecule is CCCC(=O)OC12CCC([C@H]3CC[C@H](CCC)CC3)(CC1)CC2. The third-order valence-corrected chi connectivity index (χ3v) is 7.43. The van der Waals surface area contributed by atoms with E-state index in [9.17, 15) is 4.79 Å². The van der Waals surface area contributed by atoms with Gasteiger partial charge < -0.3 is 4.74 Å². The largest absolute Gasteiger partial charge is 0.459 e. The fraction of sp³-hybridized carbons (Fsp3) is 0.952. The van der Waals surface area contributed by atoms with Crippen LogP contribution in [0.15, 0.2) is 0 Å². The topological polar surface area (TPSA) is 26.3 Å². The standard InChI is InChI=1S/C21H36O2/c1-3-5-17-7-9-18(10-8-17)20-11-14-21(15-12-20,16-13-20)23-19(22)6-4-2/h17-18H,3-16H2,1-2H3/t17-,18-,20?,21?. The van der Waals surface area contributed by atoms with Gasteiger partial charge in [0.25, 0.3) is 0 Å². The molecule has 0 aliphatic heterocycles.